The average Bonchev–Trinajstić information content (AvgIpc) is 3.02. The Kier molecular flexibility index (Phi) is 6.08. The van der Waals surface area contributed by atoms with Gasteiger partial charge in [-0.1, -0.05) is 19.4 Å². The Morgan fingerprint density at radius 1 is 1.29 bits per heavy atom. The molecule has 0 saturated carbocycles. The standard InChI is InChI=1S/C20H22FN3O4/c1-2-3-10-28-20(27)22-14-11-19(26)24(13-14)17-8-7-15(12-16(17)21)23-9-5-4-6-18(23)25/h4-9,12,14H,2-3,10-11,13H2,1H3,(H,22,27). The lowest BCUT2D eigenvalue weighted by Gasteiger charge is -2.18. The van der Waals surface area contributed by atoms with E-state index in [9.17, 15) is 18.8 Å². The zero-order valence-electron chi connectivity index (χ0n) is 15.6. The number of aromatic nitrogens is 1. The Hall–Kier alpha value is -3.16. The number of amides is 2. The Morgan fingerprint density at radius 3 is 2.82 bits per heavy atom. The number of benzene rings is 1. The number of rotatable bonds is 6. The van der Waals surface area contributed by atoms with Crippen LogP contribution in [0.5, 0.6) is 0 Å². The molecule has 1 fully saturated rings. The summed E-state index contributed by atoms with van der Waals surface area (Å²) in [5.74, 6) is -0.907. The molecule has 28 heavy (non-hydrogen) atoms. The van der Waals surface area contributed by atoms with E-state index in [-0.39, 0.29) is 30.1 Å². The molecule has 7 nitrogen and oxygen atoms in total. The number of hydrogen-bond donors (Lipinski definition) is 1. The molecule has 8 heteroatoms. The summed E-state index contributed by atoms with van der Waals surface area (Å²) < 4.78 is 21.0. The average molecular weight is 387 g/mol. The Bertz CT molecular complexity index is 928. The smallest absolute Gasteiger partial charge is 0.407 e. The number of alkyl carbamates (subject to hydrolysis) is 1. The number of carbonyl (C=O) groups is 2. The first-order valence-corrected chi connectivity index (χ1v) is 9.21. The molecule has 148 valence electrons. The summed E-state index contributed by atoms with van der Waals surface area (Å²) >= 11 is 0. The summed E-state index contributed by atoms with van der Waals surface area (Å²) in [7, 11) is 0. The molecule has 1 unspecified atom stereocenters. The van der Waals surface area contributed by atoms with Crippen LogP contribution in [0.3, 0.4) is 0 Å². The number of hydrogen-bond acceptors (Lipinski definition) is 4. The van der Waals surface area contributed by atoms with Gasteiger partial charge in [-0.05, 0) is 24.6 Å². The maximum atomic E-state index is 14.7. The highest BCUT2D eigenvalue weighted by Gasteiger charge is 2.33. The van der Waals surface area contributed by atoms with Crippen LogP contribution in [0.2, 0.25) is 0 Å². The highest BCUT2D eigenvalue weighted by Crippen LogP contribution is 2.26. The molecule has 2 amide bonds. The summed E-state index contributed by atoms with van der Waals surface area (Å²) in [5.41, 5.74) is 0.201. The fourth-order valence-electron chi connectivity index (χ4n) is 3.06. The van der Waals surface area contributed by atoms with Gasteiger partial charge in [0.15, 0.2) is 0 Å². The first-order chi connectivity index (χ1) is 13.5. The van der Waals surface area contributed by atoms with Gasteiger partial charge in [-0.25, -0.2) is 9.18 Å². The second-order valence-corrected chi connectivity index (χ2v) is 6.58. The molecular weight excluding hydrogens is 365 g/mol. The second kappa shape index (κ2) is 8.69. The van der Waals surface area contributed by atoms with Crippen molar-refractivity contribution in [2.45, 2.75) is 32.2 Å². The van der Waals surface area contributed by atoms with Crippen molar-refractivity contribution in [3.05, 3.63) is 58.8 Å². The molecular formula is C20H22FN3O4. The molecule has 2 aromatic rings. The van der Waals surface area contributed by atoms with Crippen LogP contribution in [0.15, 0.2) is 47.4 Å². The summed E-state index contributed by atoms with van der Waals surface area (Å²) in [5, 5.41) is 2.64. The van der Waals surface area contributed by atoms with Gasteiger partial charge < -0.3 is 15.0 Å². The molecule has 1 aliphatic heterocycles. The Morgan fingerprint density at radius 2 is 2.11 bits per heavy atom. The van der Waals surface area contributed by atoms with Gasteiger partial charge in [0, 0.05) is 31.3 Å². The number of carbonyl (C=O) groups excluding carboxylic acids is 2. The molecule has 1 aromatic carbocycles. The first kappa shape index (κ1) is 19.6. The topological polar surface area (TPSA) is 80.6 Å². The normalized spacial score (nSPS) is 16.3. The van der Waals surface area contributed by atoms with Crippen LogP contribution in [0, 0.1) is 5.82 Å². The molecule has 0 spiro atoms. The molecule has 0 bridgehead atoms. The van der Waals surface area contributed by atoms with Crippen molar-refractivity contribution in [3.8, 4) is 5.69 Å². The summed E-state index contributed by atoms with van der Waals surface area (Å²) in [6.45, 7) is 2.47. The zero-order chi connectivity index (χ0) is 20.1. The zero-order valence-corrected chi connectivity index (χ0v) is 15.6. The van der Waals surface area contributed by atoms with E-state index in [1.807, 2.05) is 6.92 Å². The monoisotopic (exact) mass is 387 g/mol. The molecule has 1 N–H and O–H groups in total. The molecule has 3 rings (SSSR count). The van der Waals surface area contributed by atoms with Crippen LogP contribution in [-0.2, 0) is 9.53 Å². The maximum absolute atomic E-state index is 14.7. The predicted octanol–water partition coefficient (Wildman–Crippen LogP) is 2.61. The van der Waals surface area contributed by atoms with E-state index in [1.165, 1.54) is 27.7 Å². The number of nitrogens with zero attached hydrogens (tertiary/aromatic N) is 2. The van der Waals surface area contributed by atoms with Gasteiger partial charge in [0.1, 0.15) is 5.82 Å². The first-order valence-electron chi connectivity index (χ1n) is 9.21. The number of pyridine rings is 1. The van der Waals surface area contributed by atoms with Crippen LogP contribution in [0.4, 0.5) is 14.9 Å². The van der Waals surface area contributed by atoms with Crippen molar-refractivity contribution in [3.63, 3.8) is 0 Å². The molecule has 0 radical (unpaired) electrons. The fourth-order valence-corrected chi connectivity index (χ4v) is 3.06. The third-order valence-corrected chi connectivity index (χ3v) is 4.50. The summed E-state index contributed by atoms with van der Waals surface area (Å²) in [6.07, 6.45) is 2.72. The minimum atomic E-state index is -0.618. The van der Waals surface area contributed by atoms with Gasteiger partial charge in [-0.15, -0.1) is 0 Å². The second-order valence-electron chi connectivity index (χ2n) is 6.58. The lowest BCUT2D eigenvalue weighted by atomic mass is 10.2. The summed E-state index contributed by atoms with van der Waals surface area (Å²) in [4.78, 5) is 37.2. The molecule has 1 aliphatic rings. The lowest BCUT2D eigenvalue weighted by Crippen LogP contribution is -2.37. The van der Waals surface area contributed by atoms with E-state index in [1.54, 1.807) is 24.4 Å². The van der Waals surface area contributed by atoms with E-state index in [0.717, 1.165) is 12.8 Å². The number of nitrogens with one attached hydrogen (secondary N) is 1. The number of ether oxygens (including phenoxy) is 1. The number of halogens is 1. The van der Waals surface area contributed by atoms with Crippen LogP contribution in [0.1, 0.15) is 26.2 Å². The van der Waals surface area contributed by atoms with Crippen LogP contribution < -0.4 is 15.8 Å². The Balaban J connectivity index is 1.70. The van der Waals surface area contributed by atoms with Crippen molar-refractivity contribution in [2.24, 2.45) is 0 Å². The highest BCUT2D eigenvalue weighted by molar-refractivity contribution is 5.96. The van der Waals surface area contributed by atoms with Gasteiger partial charge in [0.05, 0.1) is 24.0 Å². The van der Waals surface area contributed by atoms with Gasteiger partial charge in [0.25, 0.3) is 5.56 Å². The molecule has 1 atom stereocenters. The van der Waals surface area contributed by atoms with Crippen molar-refractivity contribution < 1.29 is 18.7 Å². The third-order valence-electron chi connectivity index (χ3n) is 4.50. The molecule has 2 heterocycles. The van der Waals surface area contributed by atoms with Gasteiger partial charge >= 0.3 is 6.09 Å². The predicted molar refractivity (Wildman–Crippen MR) is 102 cm³/mol. The minimum Gasteiger partial charge on any atom is -0.450 e. The largest absolute Gasteiger partial charge is 0.450 e. The quantitative estimate of drug-likeness (QED) is 0.773. The van der Waals surface area contributed by atoms with Gasteiger partial charge in [0.2, 0.25) is 5.91 Å². The lowest BCUT2D eigenvalue weighted by molar-refractivity contribution is -0.117. The fraction of sp³-hybridized carbons (Fsp3) is 0.350. The van der Waals surface area contributed by atoms with Crippen LogP contribution in [0.25, 0.3) is 5.69 Å². The van der Waals surface area contributed by atoms with Crippen LogP contribution >= 0.6 is 0 Å². The summed E-state index contributed by atoms with van der Waals surface area (Å²) in [6, 6.07) is 8.46. The van der Waals surface area contributed by atoms with E-state index in [4.69, 9.17) is 4.74 Å². The minimum absolute atomic E-state index is 0.0716. The third kappa shape index (κ3) is 4.39. The molecule has 1 aromatic heterocycles. The molecule has 0 aliphatic carbocycles. The van der Waals surface area contributed by atoms with Crippen molar-refractivity contribution >= 4 is 17.7 Å². The van der Waals surface area contributed by atoms with Gasteiger partial charge in [-0.2, -0.15) is 0 Å². The number of unbranched alkanes of at least 4 members (excludes halogenated alkanes) is 1. The van der Waals surface area contributed by atoms with Crippen LogP contribution in [-0.4, -0.2) is 35.8 Å². The molecule has 1 saturated heterocycles. The van der Waals surface area contributed by atoms with Crippen molar-refractivity contribution in [1.29, 1.82) is 0 Å². The van der Waals surface area contributed by atoms with E-state index >= 15 is 0 Å². The highest BCUT2D eigenvalue weighted by atomic mass is 19.1. The SMILES string of the molecule is CCCCOC(=O)NC1CC(=O)N(c2ccc(-n3ccccc3=O)cc2F)C1. The van der Waals surface area contributed by atoms with Gasteiger partial charge in [-0.3, -0.25) is 14.2 Å². The van der Waals surface area contributed by atoms with E-state index in [0.29, 0.717) is 12.3 Å². The number of anilines is 1. The van der Waals surface area contributed by atoms with E-state index in [2.05, 4.69) is 5.32 Å². The van der Waals surface area contributed by atoms with E-state index < -0.39 is 18.0 Å². The maximum Gasteiger partial charge on any atom is 0.407 e. The van der Waals surface area contributed by atoms with Crippen molar-refractivity contribution in [1.82, 2.24) is 9.88 Å². The van der Waals surface area contributed by atoms with Crippen molar-refractivity contribution in [2.75, 3.05) is 18.1 Å². The Labute approximate surface area is 161 Å².